The van der Waals surface area contributed by atoms with Crippen molar-refractivity contribution in [2.45, 2.75) is 38.3 Å². The Bertz CT molecular complexity index is 697. The van der Waals surface area contributed by atoms with Gasteiger partial charge in [0.25, 0.3) is 0 Å². The Morgan fingerprint density at radius 1 is 1.37 bits per heavy atom. The quantitative estimate of drug-likeness (QED) is 0.849. The van der Waals surface area contributed by atoms with Gasteiger partial charge in [-0.15, -0.1) is 0 Å². The number of fused-ring (bicyclic) bond motifs is 3. The molecule has 1 saturated heterocycles. The molecule has 0 unspecified atom stereocenters. The van der Waals surface area contributed by atoms with E-state index in [2.05, 4.69) is 35.9 Å². The van der Waals surface area contributed by atoms with Gasteiger partial charge in [0.05, 0.1) is 11.0 Å². The van der Waals surface area contributed by atoms with Crippen molar-refractivity contribution in [3.05, 3.63) is 34.2 Å². The number of benzene rings is 1. The molecular weight excluding hydrogens is 238 g/mol. The van der Waals surface area contributed by atoms with Crippen molar-refractivity contribution in [2.24, 2.45) is 0 Å². The molecule has 0 saturated carbocycles. The van der Waals surface area contributed by atoms with Crippen molar-refractivity contribution >= 4 is 11.0 Å². The second-order valence-corrected chi connectivity index (χ2v) is 6.09. The summed E-state index contributed by atoms with van der Waals surface area (Å²) in [6.45, 7) is 6.67. The maximum atomic E-state index is 12.2. The molecule has 4 nitrogen and oxygen atoms in total. The van der Waals surface area contributed by atoms with Gasteiger partial charge in [-0.3, -0.25) is 4.57 Å². The number of piperidine rings is 1. The van der Waals surface area contributed by atoms with Gasteiger partial charge in [-0.05, 0) is 31.9 Å². The summed E-state index contributed by atoms with van der Waals surface area (Å²) >= 11 is 0. The average Bonchev–Trinajstić information content (AvgIpc) is 2.90. The van der Waals surface area contributed by atoms with E-state index in [1.54, 1.807) is 0 Å². The minimum Gasteiger partial charge on any atom is -0.306 e. The Morgan fingerprint density at radius 3 is 3.00 bits per heavy atom. The maximum Gasteiger partial charge on any atom is 0.326 e. The molecule has 1 aromatic heterocycles. The number of para-hydroxylation sites is 1. The van der Waals surface area contributed by atoms with Crippen molar-refractivity contribution in [2.75, 3.05) is 13.1 Å². The van der Waals surface area contributed by atoms with Crippen LogP contribution < -0.4 is 5.69 Å². The highest BCUT2D eigenvalue weighted by Crippen LogP contribution is 2.44. The van der Waals surface area contributed by atoms with Crippen LogP contribution in [-0.2, 0) is 0 Å². The molecule has 0 bridgehead atoms. The van der Waals surface area contributed by atoms with Gasteiger partial charge in [-0.1, -0.05) is 12.1 Å². The van der Waals surface area contributed by atoms with Crippen LogP contribution in [0, 0.1) is 0 Å². The zero-order valence-electron chi connectivity index (χ0n) is 11.4. The van der Waals surface area contributed by atoms with Crippen LogP contribution in [0.2, 0.25) is 0 Å². The second kappa shape index (κ2) is 3.73. The van der Waals surface area contributed by atoms with Crippen LogP contribution >= 0.6 is 0 Å². The first-order valence-electron chi connectivity index (χ1n) is 7.14. The number of aromatic nitrogens is 2. The molecule has 2 aliphatic heterocycles. The topological polar surface area (TPSA) is 41.0 Å². The van der Waals surface area contributed by atoms with Crippen molar-refractivity contribution in [3.8, 4) is 0 Å². The molecule has 19 heavy (non-hydrogen) atoms. The van der Waals surface area contributed by atoms with Crippen molar-refractivity contribution in [1.29, 1.82) is 0 Å². The Labute approximate surface area is 112 Å². The van der Waals surface area contributed by atoms with Gasteiger partial charge in [-0.2, -0.15) is 0 Å². The van der Waals surface area contributed by atoms with Gasteiger partial charge in [0.15, 0.2) is 0 Å². The van der Waals surface area contributed by atoms with Gasteiger partial charge < -0.3 is 9.88 Å². The van der Waals surface area contributed by atoms with E-state index in [0.29, 0.717) is 18.0 Å². The van der Waals surface area contributed by atoms with Gasteiger partial charge >= 0.3 is 5.69 Å². The van der Waals surface area contributed by atoms with Crippen LogP contribution in [0.15, 0.2) is 23.0 Å². The SMILES string of the molecule is CC(C)N1CC[C@H]2[C@@H](C1)c1cccc3[nH]c(=O)n2c13. The minimum atomic E-state index is 0.0629. The molecule has 0 aliphatic carbocycles. The highest BCUT2D eigenvalue weighted by molar-refractivity contribution is 5.81. The Hall–Kier alpha value is -1.55. The van der Waals surface area contributed by atoms with Gasteiger partial charge in [0.1, 0.15) is 0 Å². The fraction of sp³-hybridized carbons (Fsp3) is 0.533. The molecular formula is C15H19N3O. The predicted octanol–water partition coefficient (Wildman–Crippen LogP) is 2.08. The number of hydrogen-bond acceptors (Lipinski definition) is 2. The first kappa shape index (κ1) is 11.3. The molecule has 4 rings (SSSR count). The number of H-pyrrole nitrogens is 1. The first-order chi connectivity index (χ1) is 9.16. The molecule has 0 amide bonds. The number of rotatable bonds is 1. The summed E-state index contributed by atoms with van der Waals surface area (Å²) in [7, 11) is 0. The van der Waals surface area contributed by atoms with Crippen molar-refractivity contribution in [3.63, 3.8) is 0 Å². The Balaban J connectivity index is 1.87. The standard InChI is InChI=1S/C15H19N3O/c1-9(2)17-7-6-13-11(8-17)10-4-3-5-12-14(10)18(13)15(19)16-12/h3-5,9,11,13H,6-8H2,1-2H3,(H,16,19)/t11-,13-/m0/s1. The predicted molar refractivity (Wildman–Crippen MR) is 75.7 cm³/mol. The number of aromatic amines is 1. The number of nitrogens with one attached hydrogen (secondary N) is 1. The van der Waals surface area contributed by atoms with Crippen LogP contribution in [0.1, 0.15) is 37.8 Å². The smallest absolute Gasteiger partial charge is 0.306 e. The molecule has 100 valence electrons. The van der Waals surface area contributed by atoms with Crippen LogP contribution in [-0.4, -0.2) is 33.6 Å². The lowest BCUT2D eigenvalue weighted by molar-refractivity contribution is 0.137. The zero-order valence-corrected chi connectivity index (χ0v) is 11.4. The number of nitrogens with zero attached hydrogens (tertiary/aromatic N) is 2. The minimum absolute atomic E-state index is 0.0629. The molecule has 2 aromatic rings. The lowest BCUT2D eigenvalue weighted by Crippen LogP contribution is -2.43. The third-order valence-corrected chi connectivity index (χ3v) is 4.84. The number of likely N-dealkylation sites (tertiary alicyclic amines) is 1. The summed E-state index contributed by atoms with van der Waals surface area (Å²) in [5.74, 6) is 0.483. The molecule has 0 spiro atoms. The van der Waals surface area contributed by atoms with Crippen LogP contribution in [0.25, 0.3) is 11.0 Å². The summed E-state index contributed by atoms with van der Waals surface area (Å²) in [4.78, 5) is 17.7. The summed E-state index contributed by atoms with van der Waals surface area (Å²) in [5.41, 5.74) is 3.56. The molecule has 1 aromatic carbocycles. The zero-order chi connectivity index (χ0) is 13.1. The van der Waals surface area contributed by atoms with Crippen molar-refractivity contribution < 1.29 is 0 Å². The van der Waals surface area contributed by atoms with Crippen LogP contribution in [0.4, 0.5) is 0 Å². The Kier molecular flexibility index (Phi) is 2.22. The van der Waals surface area contributed by atoms with E-state index in [0.717, 1.165) is 30.5 Å². The maximum absolute atomic E-state index is 12.2. The van der Waals surface area contributed by atoms with E-state index in [-0.39, 0.29) is 5.69 Å². The molecule has 2 atom stereocenters. The van der Waals surface area contributed by atoms with E-state index < -0.39 is 0 Å². The third-order valence-electron chi connectivity index (χ3n) is 4.84. The highest BCUT2D eigenvalue weighted by Gasteiger charge is 2.40. The normalized spacial score (nSPS) is 26.3. The molecule has 2 aliphatic rings. The van der Waals surface area contributed by atoms with Gasteiger partial charge in [0, 0.05) is 31.1 Å². The third kappa shape index (κ3) is 1.40. The van der Waals surface area contributed by atoms with Crippen LogP contribution in [0.3, 0.4) is 0 Å². The number of hydrogen-bond donors (Lipinski definition) is 1. The molecule has 1 fully saturated rings. The average molecular weight is 257 g/mol. The van der Waals surface area contributed by atoms with Crippen LogP contribution in [0.5, 0.6) is 0 Å². The largest absolute Gasteiger partial charge is 0.326 e. The van der Waals surface area contributed by atoms with E-state index in [1.807, 2.05) is 10.6 Å². The Morgan fingerprint density at radius 2 is 2.21 bits per heavy atom. The lowest BCUT2D eigenvalue weighted by Gasteiger charge is -2.38. The summed E-state index contributed by atoms with van der Waals surface area (Å²) in [6.07, 6.45) is 1.07. The molecule has 1 N–H and O–H groups in total. The molecule has 0 radical (unpaired) electrons. The van der Waals surface area contributed by atoms with E-state index in [4.69, 9.17) is 0 Å². The molecule has 3 heterocycles. The highest BCUT2D eigenvalue weighted by atomic mass is 16.1. The van der Waals surface area contributed by atoms with Gasteiger partial charge in [0.2, 0.25) is 0 Å². The van der Waals surface area contributed by atoms with Gasteiger partial charge in [-0.25, -0.2) is 4.79 Å². The number of imidazole rings is 1. The fourth-order valence-corrected chi connectivity index (χ4v) is 3.87. The molecule has 4 heteroatoms. The van der Waals surface area contributed by atoms with E-state index >= 15 is 0 Å². The van der Waals surface area contributed by atoms with E-state index in [9.17, 15) is 4.79 Å². The summed E-state index contributed by atoms with van der Waals surface area (Å²) in [6, 6.07) is 7.20. The van der Waals surface area contributed by atoms with Crippen molar-refractivity contribution in [1.82, 2.24) is 14.5 Å². The summed E-state index contributed by atoms with van der Waals surface area (Å²) < 4.78 is 2.01. The summed E-state index contributed by atoms with van der Waals surface area (Å²) in [5, 5.41) is 0. The first-order valence-corrected chi connectivity index (χ1v) is 7.14. The fourth-order valence-electron chi connectivity index (χ4n) is 3.87. The van der Waals surface area contributed by atoms with E-state index in [1.165, 1.54) is 5.56 Å². The lowest BCUT2D eigenvalue weighted by atomic mass is 9.88. The monoisotopic (exact) mass is 257 g/mol. The second-order valence-electron chi connectivity index (χ2n) is 6.09.